The lowest BCUT2D eigenvalue weighted by Crippen LogP contribution is -2.63. The van der Waals surface area contributed by atoms with E-state index < -0.39 is 0 Å². The highest BCUT2D eigenvalue weighted by Gasteiger charge is 2.58. The zero-order chi connectivity index (χ0) is 9.10. The van der Waals surface area contributed by atoms with Gasteiger partial charge in [0.1, 0.15) is 0 Å². The fourth-order valence-electron chi connectivity index (χ4n) is 2.88. The minimum Gasteiger partial charge on any atom is -0.329 e. The molecule has 13 heavy (non-hydrogen) atoms. The number of nitrogens with zero attached hydrogens (tertiary/aromatic N) is 1. The molecule has 74 valence electrons. The average Bonchev–Trinajstić information content (AvgIpc) is 2.88. The van der Waals surface area contributed by atoms with Gasteiger partial charge in [0.05, 0.1) is 0 Å². The SMILES string of the molecule is CC(CN)(C1CC1)N1CC2(CC2)C1. The van der Waals surface area contributed by atoms with Gasteiger partial charge in [-0.1, -0.05) is 0 Å². The van der Waals surface area contributed by atoms with Crippen LogP contribution in [0.4, 0.5) is 0 Å². The predicted molar refractivity (Wildman–Crippen MR) is 53.4 cm³/mol. The van der Waals surface area contributed by atoms with Crippen LogP contribution in [0.25, 0.3) is 0 Å². The van der Waals surface area contributed by atoms with Crippen molar-refractivity contribution in [2.75, 3.05) is 19.6 Å². The Morgan fingerprint density at radius 3 is 2.38 bits per heavy atom. The van der Waals surface area contributed by atoms with Crippen LogP contribution in [0.5, 0.6) is 0 Å². The molecule has 2 saturated carbocycles. The lowest BCUT2D eigenvalue weighted by molar-refractivity contribution is -0.0272. The van der Waals surface area contributed by atoms with E-state index in [4.69, 9.17) is 5.73 Å². The summed E-state index contributed by atoms with van der Waals surface area (Å²) in [5.74, 6) is 0.911. The molecule has 1 unspecified atom stereocenters. The number of rotatable bonds is 3. The third-order valence-electron chi connectivity index (χ3n) is 4.60. The Morgan fingerprint density at radius 1 is 1.38 bits per heavy atom. The molecule has 0 radical (unpaired) electrons. The van der Waals surface area contributed by atoms with Gasteiger partial charge in [0.15, 0.2) is 0 Å². The Kier molecular flexibility index (Phi) is 1.45. The topological polar surface area (TPSA) is 29.3 Å². The number of nitrogens with two attached hydrogens (primary N) is 1. The second-order valence-electron chi connectivity index (χ2n) is 5.69. The largest absolute Gasteiger partial charge is 0.329 e. The van der Waals surface area contributed by atoms with Crippen LogP contribution in [-0.4, -0.2) is 30.1 Å². The van der Waals surface area contributed by atoms with E-state index in [0.29, 0.717) is 5.54 Å². The predicted octanol–water partition coefficient (Wildman–Crippen LogP) is 1.21. The zero-order valence-electron chi connectivity index (χ0n) is 8.55. The molecule has 2 aliphatic carbocycles. The van der Waals surface area contributed by atoms with Gasteiger partial charge in [-0.2, -0.15) is 0 Å². The first-order valence-corrected chi connectivity index (χ1v) is 5.64. The van der Waals surface area contributed by atoms with Crippen molar-refractivity contribution in [3.63, 3.8) is 0 Å². The zero-order valence-corrected chi connectivity index (χ0v) is 8.55. The first-order valence-electron chi connectivity index (χ1n) is 5.64. The van der Waals surface area contributed by atoms with Crippen molar-refractivity contribution in [1.29, 1.82) is 0 Å². The van der Waals surface area contributed by atoms with Gasteiger partial charge in [0.25, 0.3) is 0 Å². The van der Waals surface area contributed by atoms with E-state index in [9.17, 15) is 0 Å². The van der Waals surface area contributed by atoms with Gasteiger partial charge in [-0.3, -0.25) is 4.90 Å². The maximum atomic E-state index is 5.93. The van der Waals surface area contributed by atoms with Gasteiger partial charge < -0.3 is 5.73 Å². The summed E-state index contributed by atoms with van der Waals surface area (Å²) in [4.78, 5) is 2.65. The molecular weight excluding hydrogens is 160 g/mol. The summed E-state index contributed by atoms with van der Waals surface area (Å²) in [5, 5.41) is 0. The van der Waals surface area contributed by atoms with Gasteiger partial charge >= 0.3 is 0 Å². The summed E-state index contributed by atoms with van der Waals surface area (Å²) < 4.78 is 0. The van der Waals surface area contributed by atoms with Crippen molar-refractivity contribution in [3.05, 3.63) is 0 Å². The molecular formula is C11H20N2. The van der Waals surface area contributed by atoms with Crippen LogP contribution in [0.3, 0.4) is 0 Å². The highest BCUT2D eigenvalue weighted by molar-refractivity contribution is 5.12. The number of hydrogen-bond donors (Lipinski definition) is 1. The minimum absolute atomic E-state index is 0.355. The molecule has 3 rings (SSSR count). The van der Waals surface area contributed by atoms with Gasteiger partial charge in [0.2, 0.25) is 0 Å². The van der Waals surface area contributed by atoms with Crippen LogP contribution in [0.2, 0.25) is 0 Å². The van der Waals surface area contributed by atoms with Crippen LogP contribution in [-0.2, 0) is 0 Å². The van der Waals surface area contributed by atoms with Crippen molar-refractivity contribution in [2.24, 2.45) is 17.1 Å². The van der Waals surface area contributed by atoms with Crippen LogP contribution in [0, 0.1) is 11.3 Å². The van der Waals surface area contributed by atoms with Crippen molar-refractivity contribution in [3.8, 4) is 0 Å². The van der Waals surface area contributed by atoms with Crippen molar-refractivity contribution >= 4 is 0 Å². The van der Waals surface area contributed by atoms with E-state index in [2.05, 4.69) is 11.8 Å². The number of hydrogen-bond acceptors (Lipinski definition) is 2. The summed E-state index contributed by atoms with van der Waals surface area (Å²) in [6.07, 6.45) is 5.79. The van der Waals surface area contributed by atoms with Crippen molar-refractivity contribution < 1.29 is 0 Å². The Balaban J connectivity index is 1.68. The fraction of sp³-hybridized carbons (Fsp3) is 1.00. The summed E-state index contributed by atoms with van der Waals surface area (Å²) in [5.41, 5.74) is 7.06. The quantitative estimate of drug-likeness (QED) is 0.707. The molecule has 0 aromatic carbocycles. The fourth-order valence-corrected chi connectivity index (χ4v) is 2.88. The molecule has 2 N–H and O–H groups in total. The monoisotopic (exact) mass is 180 g/mol. The Morgan fingerprint density at radius 2 is 2.00 bits per heavy atom. The van der Waals surface area contributed by atoms with Gasteiger partial charge in [-0.05, 0) is 43.9 Å². The standard InChI is InChI=1S/C11H20N2/c1-10(6-12,9-2-3-9)13-7-11(8-13)4-5-11/h9H,2-8,12H2,1H3. The molecule has 0 bridgehead atoms. The van der Waals surface area contributed by atoms with Crippen molar-refractivity contribution in [1.82, 2.24) is 4.90 Å². The normalized spacial score (nSPS) is 35.5. The molecule has 3 aliphatic rings. The molecule has 1 saturated heterocycles. The van der Waals surface area contributed by atoms with E-state index in [1.54, 1.807) is 0 Å². The van der Waals surface area contributed by atoms with Gasteiger partial charge in [0, 0.05) is 25.2 Å². The molecule has 1 atom stereocenters. The molecule has 2 nitrogen and oxygen atoms in total. The summed E-state index contributed by atoms with van der Waals surface area (Å²) >= 11 is 0. The second kappa shape index (κ2) is 2.29. The van der Waals surface area contributed by atoms with Crippen LogP contribution < -0.4 is 5.73 Å². The molecule has 1 heterocycles. The van der Waals surface area contributed by atoms with E-state index in [0.717, 1.165) is 17.9 Å². The highest BCUT2D eigenvalue weighted by atomic mass is 15.3. The highest BCUT2D eigenvalue weighted by Crippen LogP contribution is 2.57. The van der Waals surface area contributed by atoms with E-state index in [1.807, 2.05) is 0 Å². The smallest absolute Gasteiger partial charge is 0.0332 e. The van der Waals surface area contributed by atoms with Crippen molar-refractivity contribution in [2.45, 2.75) is 38.1 Å². The maximum Gasteiger partial charge on any atom is 0.0332 e. The molecule has 0 aromatic heterocycles. The third kappa shape index (κ3) is 1.08. The lowest BCUT2D eigenvalue weighted by atomic mass is 9.84. The minimum atomic E-state index is 0.355. The lowest BCUT2D eigenvalue weighted by Gasteiger charge is -2.51. The maximum absolute atomic E-state index is 5.93. The molecule has 3 fully saturated rings. The van der Waals surface area contributed by atoms with Gasteiger partial charge in [-0.15, -0.1) is 0 Å². The van der Waals surface area contributed by atoms with Gasteiger partial charge in [-0.25, -0.2) is 0 Å². The molecule has 1 aliphatic heterocycles. The first-order chi connectivity index (χ1) is 6.19. The Bertz CT molecular complexity index is 222. The Labute approximate surface area is 80.5 Å². The van der Waals surface area contributed by atoms with E-state index >= 15 is 0 Å². The third-order valence-corrected chi connectivity index (χ3v) is 4.60. The molecule has 0 amide bonds. The number of likely N-dealkylation sites (tertiary alicyclic amines) is 1. The molecule has 1 spiro atoms. The Hall–Kier alpha value is -0.0800. The van der Waals surface area contributed by atoms with E-state index in [-0.39, 0.29) is 0 Å². The van der Waals surface area contributed by atoms with E-state index in [1.165, 1.54) is 38.8 Å². The summed E-state index contributed by atoms with van der Waals surface area (Å²) in [6.45, 7) is 5.92. The average molecular weight is 180 g/mol. The first kappa shape index (κ1) is 8.25. The molecule has 2 heteroatoms. The van der Waals surface area contributed by atoms with Crippen LogP contribution in [0.15, 0.2) is 0 Å². The summed E-state index contributed by atoms with van der Waals surface area (Å²) in [6, 6.07) is 0. The summed E-state index contributed by atoms with van der Waals surface area (Å²) in [7, 11) is 0. The molecule has 0 aromatic rings. The second-order valence-corrected chi connectivity index (χ2v) is 5.69. The van der Waals surface area contributed by atoms with Crippen LogP contribution in [0.1, 0.15) is 32.6 Å². The van der Waals surface area contributed by atoms with Crippen LogP contribution >= 0.6 is 0 Å².